The van der Waals surface area contributed by atoms with Crippen molar-refractivity contribution in [2.24, 2.45) is 0 Å². The molecule has 25 heavy (non-hydrogen) atoms. The monoisotopic (exact) mass is 353 g/mol. The molecule has 130 valence electrons. The lowest BCUT2D eigenvalue weighted by molar-refractivity contribution is 0.217. The van der Waals surface area contributed by atoms with Gasteiger partial charge in [-0.25, -0.2) is 0 Å². The third kappa shape index (κ3) is 3.83. The minimum atomic E-state index is 0.638. The Morgan fingerprint density at radius 1 is 1.20 bits per heavy atom. The molecule has 3 aromatic rings. The molecule has 2 heterocycles. The van der Waals surface area contributed by atoms with Crippen LogP contribution in [0.5, 0.6) is 0 Å². The Morgan fingerprint density at radius 3 is 2.92 bits per heavy atom. The highest BCUT2D eigenvalue weighted by atomic mass is 32.1. The van der Waals surface area contributed by atoms with Crippen molar-refractivity contribution < 1.29 is 4.52 Å². The van der Waals surface area contributed by atoms with E-state index in [0.29, 0.717) is 11.9 Å². The van der Waals surface area contributed by atoms with Crippen LogP contribution in [-0.4, -0.2) is 34.7 Å². The van der Waals surface area contributed by atoms with Gasteiger partial charge >= 0.3 is 0 Å². The van der Waals surface area contributed by atoms with Gasteiger partial charge in [0.1, 0.15) is 0 Å². The maximum atomic E-state index is 5.39. The molecule has 1 atom stereocenters. The molecule has 1 aliphatic rings. The van der Waals surface area contributed by atoms with Crippen LogP contribution in [0.3, 0.4) is 0 Å². The van der Waals surface area contributed by atoms with Gasteiger partial charge in [0.15, 0.2) is 0 Å². The first-order chi connectivity index (χ1) is 12.3. The Morgan fingerprint density at radius 2 is 2.08 bits per heavy atom. The number of nitrogens with zero attached hydrogens (tertiary/aromatic N) is 3. The SMILES string of the molecule is CN(CCCc1nc(-c2cccs2)no1)C1CCc2ccccc2C1. The Bertz CT molecular complexity index is 812. The minimum absolute atomic E-state index is 0.638. The summed E-state index contributed by atoms with van der Waals surface area (Å²) in [5, 5.41) is 6.11. The molecule has 0 saturated carbocycles. The first-order valence-electron chi connectivity index (χ1n) is 8.93. The second-order valence-electron chi connectivity index (χ2n) is 6.74. The van der Waals surface area contributed by atoms with Gasteiger partial charge in [0.2, 0.25) is 11.7 Å². The predicted octanol–water partition coefficient (Wildman–Crippen LogP) is 4.22. The van der Waals surface area contributed by atoms with Gasteiger partial charge in [-0.3, -0.25) is 0 Å². The smallest absolute Gasteiger partial charge is 0.227 e. The third-order valence-electron chi connectivity index (χ3n) is 5.06. The first-order valence-corrected chi connectivity index (χ1v) is 9.81. The van der Waals surface area contributed by atoms with Gasteiger partial charge in [-0.2, -0.15) is 4.98 Å². The Balaban J connectivity index is 1.28. The molecule has 2 aromatic heterocycles. The molecule has 1 aromatic carbocycles. The van der Waals surface area contributed by atoms with E-state index in [4.69, 9.17) is 4.52 Å². The third-order valence-corrected chi connectivity index (χ3v) is 5.92. The summed E-state index contributed by atoms with van der Waals surface area (Å²) in [7, 11) is 2.24. The van der Waals surface area contributed by atoms with Crippen LogP contribution in [0.4, 0.5) is 0 Å². The van der Waals surface area contributed by atoms with E-state index < -0.39 is 0 Å². The number of benzene rings is 1. The number of hydrogen-bond acceptors (Lipinski definition) is 5. The number of fused-ring (bicyclic) bond motifs is 1. The maximum absolute atomic E-state index is 5.39. The van der Waals surface area contributed by atoms with E-state index in [0.717, 1.165) is 36.6 Å². The van der Waals surface area contributed by atoms with Crippen molar-refractivity contribution in [1.29, 1.82) is 0 Å². The molecular weight excluding hydrogens is 330 g/mol. The summed E-state index contributed by atoms with van der Waals surface area (Å²) in [6, 6.07) is 13.5. The number of hydrogen-bond donors (Lipinski definition) is 0. The van der Waals surface area contributed by atoms with Crippen LogP contribution < -0.4 is 0 Å². The highest BCUT2D eigenvalue weighted by molar-refractivity contribution is 7.13. The van der Waals surface area contributed by atoms with Crippen LogP contribution in [0.15, 0.2) is 46.3 Å². The van der Waals surface area contributed by atoms with Gasteiger partial charge in [0.05, 0.1) is 4.88 Å². The molecule has 5 heteroatoms. The molecule has 0 N–H and O–H groups in total. The highest BCUT2D eigenvalue weighted by Gasteiger charge is 2.21. The lowest BCUT2D eigenvalue weighted by atomic mass is 9.87. The van der Waals surface area contributed by atoms with Crippen LogP contribution >= 0.6 is 11.3 Å². The fourth-order valence-electron chi connectivity index (χ4n) is 3.58. The van der Waals surface area contributed by atoms with Crippen LogP contribution in [0, 0.1) is 0 Å². The summed E-state index contributed by atoms with van der Waals surface area (Å²) in [5.41, 5.74) is 3.04. The average Bonchev–Trinajstić information content (AvgIpc) is 3.32. The molecule has 1 aliphatic carbocycles. The van der Waals surface area contributed by atoms with E-state index in [1.165, 1.54) is 24.0 Å². The topological polar surface area (TPSA) is 42.2 Å². The standard InChI is InChI=1S/C20H23N3OS/c1-23(17-11-10-15-6-2-3-7-16(15)14-17)12-4-9-19-21-20(22-24-19)18-8-5-13-25-18/h2-3,5-8,13,17H,4,9-12,14H2,1H3. The summed E-state index contributed by atoms with van der Waals surface area (Å²) >= 11 is 1.64. The predicted molar refractivity (Wildman–Crippen MR) is 101 cm³/mol. The first kappa shape index (κ1) is 16.5. The zero-order chi connectivity index (χ0) is 17.1. The van der Waals surface area contributed by atoms with Crippen LogP contribution in [0.2, 0.25) is 0 Å². The van der Waals surface area contributed by atoms with E-state index in [1.807, 2.05) is 17.5 Å². The molecule has 0 radical (unpaired) electrons. The van der Waals surface area contributed by atoms with Crippen molar-refractivity contribution in [2.45, 2.75) is 38.1 Å². The van der Waals surface area contributed by atoms with Gasteiger partial charge in [-0.1, -0.05) is 35.5 Å². The van der Waals surface area contributed by atoms with Gasteiger partial charge in [-0.05, 0) is 61.8 Å². The van der Waals surface area contributed by atoms with Crippen molar-refractivity contribution in [1.82, 2.24) is 15.0 Å². The highest BCUT2D eigenvalue weighted by Crippen LogP contribution is 2.24. The van der Waals surface area contributed by atoms with E-state index in [2.05, 4.69) is 46.4 Å². The van der Waals surface area contributed by atoms with Crippen LogP contribution in [0.25, 0.3) is 10.7 Å². The van der Waals surface area contributed by atoms with E-state index in [-0.39, 0.29) is 0 Å². The maximum Gasteiger partial charge on any atom is 0.227 e. The summed E-state index contributed by atoms with van der Waals surface area (Å²) in [6.45, 7) is 1.06. The van der Waals surface area contributed by atoms with Crippen LogP contribution in [0.1, 0.15) is 29.9 Å². The Labute approximate surface area is 152 Å². The number of aromatic nitrogens is 2. The molecular formula is C20H23N3OS. The molecule has 1 unspecified atom stereocenters. The normalized spacial score (nSPS) is 17.0. The second kappa shape index (κ2) is 7.50. The summed E-state index contributed by atoms with van der Waals surface area (Å²) in [6.07, 6.45) is 5.48. The van der Waals surface area contributed by atoms with Crippen molar-refractivity contribution >= 4 is 11.3 Å². The fraction of sp³-hybridized carbons (Fsp3) is 0.400. The quantitative estimate of drug-likeness (QED) is 0.665. The zero-order valence-corrected chi connectivity index (χ0v) is 15.3. The van der Waals surface area contributed by atoms with Crippen molar-refractivity contribution in [3.05, 3.63) is 58.8 Å². The van der Waals surface area contributed by atoms with Gasteiger partial charge in [0.25, 0.3) is 0 Å². The van der Waals surface area contributed by atoms with Gasteiger partial charge < -0.3 is 9.42 Å². The molecule has 4 nitrogen and oxygen atoms in total. The van der Waals surface area contributed by atoms with Gasteiger partial charge in [0, 0.05) is 12.5 Å². The number of thiophene rings is 1. The Kier molecular flexibility index (Phi) is 4.95. The summed E-state index contributed by atoms with van der Waals surface area (Å²) in [4.78, 5) is 8.06. The zero-order valence-electron chi connectivity index (χ0n) is 14.5. The molecule has 0 spiro atoms. The molecule has 0 saturated heterocycles. The van der Waals surface area contributed by atoms with E-state index in [9.17, 15) is 0 Å². The summed E-state index contributed by atoms with van der Waals surface area (Å²) < 4.78 is 5.39. The Hall–Kier alpha value is -1.98. The van der Waals surface area contributed by atoms with Gasteiger partial charge in [-0.15, -0.1) is 11.3 Å². The minimum Gasteiger partial charge on any atom is -0.339 e. The van der Waals surface area contributed by atoms with Crippen molar-refractivity contribution in [3.8, 4) is 10.7 Å². The molecule has 0 fully saturated rings. The molecule has 4 rings (SSSR count). The molecule has 0 bridgehead atoms. The van der Waals surface area contributed by atoms with Crippen molar-refractivity contribution in [3.63, 3.8) is 0 Å². The second-order valence-corrected chi connectivity index (χ2v) is 7.69. The number of aryl methyl sites for hydroxylation is 2. The molecule has 0 aliphatic heterocycles. The van der Waals surface area contributed by atoms with Crippen LogP contribution in [-0.2, 0) is 19.3 Å². The molecule has 0 amide bonds. The number of rotatable bonds is 6. The van der Waals surface area contributed by atoms with E-state index in [1.54, 1.807) is 11.3 Å². The lowest BCUT2D eigenvalue weighted by Gasteiger charge is -2.32. The average molecular weight is 353 g/mol. The van der Waals surface area contributed by atoms with E-state index >= 15 is 0 Å². The lowest BCUT2D eigenvalue weighted by Crippen LogP contribution is -2.37. The summed E-state index contributed by atoms with van der Waals surface area (Å²) in [5.74, 6) is 1.45. The van der Waals surface area contributed by atoms with Crippen molar-refractivity contribution in [2.75, 3.05) is 13.6 Å². The number of likely N-dealkylation sites (N-methyl/N-ethyl adjacent to an activating group) is 1. The largest absolute Gasteiger partial charge is 0.339 e. The fourth-order valence-corrected chi connectivity index (χ4v) is 4.23.